The average Bonchev–Trinajstić information content (AvgIpc) is 2.13. The third kappa shape index (κ3) is 2.77. The Hall–Kier alpha value is -0.960. The largest absolute Gasteiger partial charge is 0.207 e. The second kappa shape index (κ2) is 5.05. The molecule has 0 heterocycles. The summed E-state index contributed by atoms with van der Waals surface area (Å²) < 4.78 is 38.3. The third-order valence-corrected chi connectivity index (χ3v) is 1.81. The summed E-state index contributed by atoms with van der Waals surface area (Å²) in [5, 5.41) is 0. The van der Waals surface area contributed by atoms with Gasteiger partial charge in [-0.05, 0) is 12.5 Å². The molecule has 0 amide bonds. The Morgan fingerprint density at radius 3 is 2.57 bits per heavy atom. The van der Waals surface area contributed by atoms with Crippen LogP contribution in [-0.4, -0.2) is 5.88 Å². The molecular formula is C10H8ClF3. The summed E-state index contributed by atoms with van der Waals surface area (Å²) >= 11 is 5.38. The van der Waals surface area contributed by atoms with E-state index < -0.39 is 17.5 Å². The molecule has 76 valence electrons. The second-order valence-corrected chi connectivity index (χ2v) is 3.05. The Morgan fingerprint density at radius 2 is 1.93 bits per heavy atom. The van der Waals surface area contributed by atoms with E-state index in [1.165, 1.54) is 6.08 Å². The van der Waals surface area contributed by atoms with E-state index in [1.54, 1.807) is 6.08 Å². The van der Waals surface area contributed by atoms with E-state index in [-0.39, 0.29) is 5.56 Å². The Labute approximate surface area is 85.0 Å². The highest BCUT2D eigenvalue weighted by Crippen LogP contribution is 2.15. The van der Waals surface area contributed by atoms with Gasteiger partial charge in [0.1, 0.15) is 5.82 Å². The quantitative estimate of drug-likeness (QED) is 0.538. The molecule has 1 aromatic rings. The molecule has 0 aliphatic carbocycles. The van der Waals surface area contributed by atoms with Gasteiger partial charge in [0.15, 0.2) is 11.6 Å². The molecule has 0 fully saturated rings. The SMILES string of the molecule is Fc1cc(F)c(F)c(C=CCCCl)c1. The molecule has 0 atom stereocenters. The summed E-state index contributed by atoms with van der Waals surface area (Å²) in [5.74, 6) is -2.64. The molecule has 14 heavy (non-hydrogen) atoms. The third-order valence-electron chi connectivity index (χ3n) is 1.59. The van der Waals surface area contributed by atoms with Crippen molar-refractivity contribution in [3.8, 4) is 0 Å². The molecule has 0 bridgehead atoms. The van der Waals surface area contributed by atoms with Crippen molar-refractivity contribution in [1.29, 1.82) is 0 Å². The van der Waals surface area contributed by atoms with Gasteiger partial charge in [-0.25, -0.2) is 13.2 Å². The van der Waals surface area contributed by atoms with Gasteiger partial charge in [0.2, 0.25) is 0 Å². The number of halogens is 4. The number of hydrogen-bond donors (Lipinski definition) is 0. The van der Waals surface area contributed by atoms with Crippen LogP contribution >= 0.6 is 11.6 Å². The normalized spacial score (nSPS) is 11.1. The summed E-state index contributed by atoms with van der Waals surface area (Å²) in [7, 11) is 0. The fraction of sp³-hybridized carbons (Fsp3) is 0.200. The summed E-state index contributed by atoms with van der Waals surface area (Å²) in [6.07, 6.45) is 3.40. The lowest BCUT2D eigenvalue weighted by molar-refractivity contribution is 0.493. The second-order valence-electron chi connectivity index (χ2n) is 2.67. The summed E-state index contributed by atoms with van der Waals surface area (Å²) in [5.41, 5.74) is -0.104. The van der Waals surface area contributed by atoms with Gasteiger partial charge in [-0.3, -0.25) is 0 Å². The lowest BCUT2D eigenvalue weighted by Gasteiger charge is -1.98. The molecule has 0 radical (unpaired) electrons. The minimum atomic E-state index is -1.18. The zero-order valence-electron chi connectivity index (χ0n) is 7.24. The van der Waals surface area contributed by atoms with Crippen LogP contribution in [0, 0.1) is 17.5 Å². The number of alkyl halides is 1. The van der Waals surface area contributed by atoms with Gasteiger partial charge in [0, 0.05) is 17.5 Å². The molecule has 1 rings (SSSR count). The van der Waals surface area contributed by atoms with Gasteiger partial charge >= 0.3 is 0 Å². The van der Waals surface area contributed by atoms with Crippen LogP contribution in [0.3, 0.4) is 0 Å². The first-order valence-corrected chi connectivity index (χ1v) is 4.55. The molecule has 0 unspecified atom stereocenters. The molecule has 0 aliphatic rings. The van der Waals surface area contributed by atoms with Crippen molar-refractivity contribution in [3.63, 3.8) is 0 Å². The van der Waals surface area contributed by atoms with Crippen molar-refractivity contribution in [2.24, 2.45) is 0 Å². The molecule has 0 spiro atoms. The number of rotatable bonds is 3. The van der Waals surface area contributed by atoms with Gasteiger partial charge in [-0.15, -0.1) is 11.6 Å². The van der Waals surface area contributed by atoms with Gasteiger partial charge < -0.3 is 0 Å². The molecular weight excluding hydrogens is 213 g/mol. The molecule has 4 heteroatoms. The summed E-state index contributed by atoms with van der Waals surface area (Å²) in [6.45, 7) is 0. The Bertz CT molecular complexity index is 347. The zero-order chi connectivity index (χ0) is 10.6. The summed E-state index contributed by atoms with van der Waals surface area (Å²) in [4.78, 5) is 0. The number of allylic oxidation sites excluding steroid dienone is 1. The predicted molar refractivity (Wildman–Crippen MR) is 50.7 cm³/mol. The van der Waals surface area contributed by atoms with Crippen LogP contribution in [0.4, 0.5) is 13.2 Å². The standard InChI is InChI=1S/C10H8ClF3/c11-4-2-1-3-7-5-8(12)6-9(13)10(7)14/h1,3,5-6H,2,4H2. The first kappa shape index (κ1) is 11.1. The van der Waals surface area contributed by atoms with Crippen molar-refractivity contribution in [2.75, 3.05) is 5.88 Å². The van der Waals surface area contributed by atoms with Crippen LogP contribution in [-0.2, 0) is 0 Å². The molecule has 0 saturated heterocycles. The molecule has 0 aliphatic heterocycles. The molecule has 0 nitrogen and oxygen atoms in total. The molecule has 0 N–H and O–H groups in total. The average molecular weight is 221 g/mol. The van der Waals surface area contributed by atoms with Crippen LogP contribution in [0.2, 0.25) is 0 Å². The van der Waals surface area contributed by atoms with Gasteiger partial charge in [0.25, 0.3) is 0 Å². The van der Waals surface area contributed by atoms with E-state index in [9.17, 15) is 13.2 Å². The maximum absolute atomic E-state index is 13.0. The minimum absolute atomic E-state index is 0.104. The van der Waals surface area contributed by atoms with E-state index in [0.717, 1.165) is 6.07 Å². The zero-order valence-corrected chi connectivity index (χ0v) is 7.99. The van der Waals surface area contributed by atoms with E-state index in [2.05, 4.69) is 0 Å². The monoisotopic (exact) mass is 220 g/mol. The first-order valence-electron chi connectivity index (χ1n) is 4.02. The molecule has 1 aromatic carbocycles. The number of benzene rings is 1. The van der Waals surface area contributed by atoms with E-state index in [4.69, 9.17) is 11.6 Å². The van der Waals surface area contributed by atoms with E-state index in [0.29, 0.717) is 18.4 Å². The highest BCUT2D eigenvalue weighted by atomic mass is 35.5. The van der Waals surface area contributed by atoms with Gasteiger partial charge in [-0.2, -0.15) is 0 Å². The van der Waals surface area contributed by atoms with E-state index >= 15 is 0 Å². The fourth-order valence-corrected chi connectivity index (χ4v) is 1.10. The Morgan fingerprint density at radius 1 is 1.21 bits per heavy atom. The lowest BCUT2D eigenvalue weighted by Crippen LogP contribution is -1.90. The van der Waals surface area contributed by atoms with Crippen LogP contribution in [0.15, 0.2) is 18.2 Å². The molecule has 0 saturated carbocycles. The first-order chi connectivity index (χ1) is 6.65. The number of hydrogen-bond acceptors (Lipinski definition) is 0. The molecule has 0 aromatic heterocycles. The van der Waals surface area contributed by atoms with Crippen molar-refractivity contribution >= 4 is 17.7 Å². The van der Waals surface area contributed by atoms with Gasteiger partial charge in [-0.1, -0.05) is 12.2 Å². The lowest BCUT2D eigenvalue weighted by atomic mass is 10.2. The highest BCUT2D eigenvalue weighted by Gasteiger charge is 2.07. The highest BCUT2D eigenvalue weighted by molar-refractivity contribution is 6.17. The Kier molecular flexibility index (Phi) is 4.01. The predicted octanol–water partition coefficient (Wildman–Crippen LogP) is 3.75. The van der Waals surface area contributed by atoms with Crippen molar-refractivity contribution < 1.29 is 13.2 Å². The Balaban J connectivity index is 2.96. The minimum Gasteiger partial charge on any atom is -0.207 e. The van der Waals surface area contributed by atoms with Crippen molar-refractivity contribution in [3.05, 3.63) is 41.2 Å². The van der Waals surface area contributed by atoms with Crippen LogP contribution in [0.1, 0.15) is 12.0 Å². The summed E-state index contributed by atoms with van der Waals surface area (Å²) in [6, 6.07) is 1.44. The maximum atomic E-state index is 13.0. The topological polar surface area (TPSA) is 0 Å². The van der Waals surface area contributed by atoms with Gasteiger partial charge in [0.05, 0.1) is 0 Å². The smallest absolute Gasteiger partial charge is 0.166 e. The van der Waals surface area contributed by atoms with Crippen LogP contribution in [0.25, 0.3) is 6.08 Å². The van der Waals surface area contributed by atoms with Crippen LogP contribution < -0.4 is 0 Å². The van der Waals surface area contributed by atoms with E-state index in [1.807, 2.05) is 0 Å². The van der Waals surface area contributed by atoms with Crippen molar-refractivity contribution in [2.45, 2.75) is 6.42 Å². The maximum Gasteiger partial charge on any atom is 0.166 e. The van der Waals surface area contributed by atoms with Crippen molar-refractivity contribution in [1.82, 2.24) is 0 Å². The fourth-order valence-electron chi connectivity index (χ4n) is 0.970. The van der Waals surface area contributed by atoms with Crippen LogP contribution in [0.5, 0.6) is 0 Å².